The number of fused-ring (bicyclic) bond motifs is 2. The van der Waals surface area contributed by atoms with Crippen LogP contribution < -0.4 is 16.0 Å². The van der Waals surface area contributed by atoms with Crippen molar-refractivity contribution in [3.8, 4) is 17.1 Å². The van der Waals surface area contributed by atoms with Crippen LogP contribution in [-0.2, 0) is 16.0 Å². The number of imidazole rings is 1. The third-order valence-corrected chi connectivity index (χ3v) is 8.78. The minimum atomic E-state index is 0.0261. The first-order valence-electron chi connectivity index (χ1n) is 14.8. The van der Waals surface area contributed by atoms with E-state index in [-0.39, 0.29) is 5.91 Å². The third kappa shape index (κ3) is 4.90. The minimum absolute atomic E-state index is 0.0261. The van der Waals surface area contributed by atoms with Gasteiger partial charge in [0.2, 0.25) is 5.91 Å². The molecule has 0 saturated carbocycles. The van der Waals surface area contributed by atoms with Crippen LogP contribution in [0.1, 0.15) is 36.4 Å². The average Bonchev–Trinajstić information content (AvgIpc) is 3.62. The van der Waals surface area contributed by atoms with E-state index in [0.29, 0.717) is 31.1 Å². The van der Waals surface area contributed by atoms with Crippen molar-refractivity contribution in [3.63, 3.8) is 0 Å². The minimum Gasteiger partial charge on any atom is -0.383 e. The van der Waals surface area contributed by atoms with Crippen molar-refractivity contribution >= 4 is 28.7 Å². The number of benzene rings is 1. The number of anilines is 2. The number of likely N-dealkylation sites (tertiary alicyclic amines) is 1. The maximum atomic E-state index is 12.0. The highest BCUT2D eigenvalue weighted by molar-refractivity contribution is 5.87. The quantitative estimate of drug-likeness (QED) is 0.341. The van der Waals surface area contributed by atoms with Gasteiger partial charge in [-0.15, -0.1) is 0 Å². The average molecular weight is 565 g/mol. The molecule has 1 aromatic carbocycles. The van der Waals surface area contributed by atoms with E-state index in [1.807, 2.05) is 29.2 Å². The molecule has 2 saturated heterocycles. The summed E-state index contributed by atoms with van der Waals surface area (Å²) in [5.74, 6) is 2.12. The number of morpholine rings is 1. The summed E-state index contributed by atoms with van der Waals surface area (Å²) >= 11 is 0. The Hall–Kier alpha value is -4.28. The van der Waals surface area contributed by atoms with Crippen LogP contribution in [0.3, 0.4) is 0 Å². The maximum Gasteiger partial charge on any atom is 0.245 e. The fraction of sp³-hybridized carbons (Fsp3) is 0.375. The van der Waals surface area contributed by atoms with E-state index < -0.39 is 0 Å². The molecule has 1 amide bonds. The molecule has 10 nitrogen and oxygen atoms in total. The molecular formula is C32H36N8O2. The monoisotopic (exact) mass is 564 g/mol. The number of hydrogen-bond acceptors (Lipinski definition) is 8. The standard InChI is InChI=1S/C32H36N8O2/c1-2-29(41)39-14-11-22(12-15-39)35-26-8-5-21-20-23(6-7-24(21)26)40-31(25-4-3-13-34-30(25)33)36-27-9-10-28(37-32(27)40)38-16-18-42-19-17-38/h2-4,6-7,9-10,13,20,22,26,35H,1,5,8,11-12,14-19H2,(H2,33,34)/t26-/m0/s1. The first-order chi connectivity index (χ1) is 20.6. The number of rotatable bonds is 6. The van der Waals surface area contributed by atoms with Gasteiger partial charge in [-0.1, -0.05) is 12.6 Å². The van der Waals surface area contributed by atoms with Crippen molar-refractivity contribution in [1.29, 1.82) is 0 Å². The lowest BCUT2D eigenvalue weighted by atomic mass is 10.0. The highest BCUT2D eigenvalue weighted by Crippen LogP contribution is 2.37. The number of ether oxygens (including phenoxy) is 1. The van der Waals surface area contributed by atoms with E-state index in [9.17, 15) is 4.79 Å². The van der Waals surface area contributed by atoms with E-state index >= 15 is 0 Å². The SMILES string of the molecule is C=CC(=O)N1CCC(N[C@H]2CCc3cc(-n4c(-c5cccnc5N)nc5ccc(N6CCOCC6)nc54)ccc32)CC1. The van der Waals surface area contributed by atoms with E-state index in [2.05, 4.69) is 44.5 Å². The lowest BCUT2D eigenvalue weighted by molar-refractivity contribution is -0.127. The Morgan fingerprint density at radius 3 is 2.67 bits per heavy atom. The molecular weight excluding hydrogens is 528 g/mol. The van der Waals surface area contributed by atoms with E-state index in [4.69, 9.17) is 20.4 Å². The number of carbonyl (C=O) groups is 1. The maximum absolute atomic E-state index is 12.0. The number of piperidine rings is 1. The second-order valence-corrected chi connectivity index (χ2v) is 11.3. The number of nitrogen functional groups attached to an aromatic ring is 1. The Morgan fingerprint density at radius 2 is 1.88 bits per heavy atom. The number of nitrogens with two attached hydrogens (primary N) is 1. The molecule has 3 aromatic heterocycles. The second-order valence-electron chi connectivity index (χ2n) is 11.3. The summed E-state index contributed by atoms with van der Waals surface area (Å²) in [6.45, 7) is 8.19. The van der Waals surface area contributed by atoms with Crippen LogP contribution in [0, 0.1) is 0 Å². The zero-order valence-electron chi connectivity index (χ0n) is 23.7. The molecule has 0 bridgehead atoms. The Bertz CT molecular complexity index is 1640. The van der Waals surface area contributed by atoms with Crippen molar-refractivity contribution in [2.24, 2.45) is 0 Å². The van der Waals surface area contributed by atoms with Crippen molar-refractivity contribution in [1.82, 2.24) is 29.7 Å². The Kier molecular flexibility index (Phi) is 7.09. The number of carbonyl (C=O) groups excluding carboxylic acids is 1. The van der Waals surface area contributed by atoms with E-state index in [1.165, 1.54) is 17.2 Å². The fourth-order valence-electron chi connectivity index (χ4n) is 6.54. The van der Waals surface area contributed by atoms with Gasteiger partial charge >= 0.3 is 0 Å². The number of aryl methyl sites for hydroxylation is 1. The highest BCUT2D eigenvalue weighted by atomic mass is 16.5. The Morgan fingerprint density at radius 1 is 1.05 bits per heavy atom. The molecule has 1 aliphatic carbocycles. The Balaban J connectivity index is 1.22. The number of nitrogens with zero attached hydrogens (tertiary/aromatic N) is 6. The number of hydrogen-bond donors (Lipinski definition) is 2. The van der Waals surface area contributed by atoms with Crippen LogP contribution >= 0.6 is 0 Å². The predicted octanol–water partition coefficient (Wildman–Crippen LogP) is 3.66. The molecule has 0 spiro atoms. The molecule has 3 aliphatic rings. The lowest BCUT2D eigenvalue weighted by Crippen LogP contribution is -2.45. The fourth-order valence-corrected chi connectivity index (χ4v) is 6.54. The van der Waals surface area contributed by atoms with Crippen LogP contribution in [0.25, 0.3) is 28.2 Å². The molecule has 0 radical (unpaired) electrons. The molecule has 216 valence electrons. The summed E-state index contributed by atoms with van der Waals surface area (Å²) in [7, 11) is 0. The van der Waals surface area contributed by atoms with Gasteiger partial charge in [-0.2, -0.15) is 0 Å². The topological polar surface area (TPSA) is 114 Å². The summed E-state index contributed by atoms with van der Waals surface area (Å²) in [5, 5.41) is 3.89. The van der Waals surface area contributed by atoms with Gasteiger partial charge in [0.15, 0.2) is 11.5 Å². The van der Waals surface area contributed by atoms with Gasteiger partial charge in [-0.05, 0) is 79.3 Å². The molecule has 0 unspecified atom stereocenters. The van der Waals surface area contributed by atoms with Crippen molar-refractivity contribution in [2.45, 2.75) is 37.8 Å². The number of aromatic nitrogens is 4. The normalized spacial score (nSPS) is 19.3. The largest absolute Gasteiger partial charge is 0.383 e. The summed E-state index contributed by atoms with van der Waals surface area (Å²) in [6, 6.07) is 15.3. The van der Waals surface area contributed by atoms with Gasteiger partial charge in [0.05, 0.1) is 18.8 Å². The van der Waals surface area contributed by atoms with Gasteiger partial charge in [0, 0.05) is 50.1 Å². The van der Waals surface area contributed by atoms with Crippen LogP contribution in [0.5, 0.6) is 0 Å². The zero-order valence-corrected chi connectivity index (χ0v) is 23.7. The van der Waals surface area contributed by atoms with Gasteiger partial charge in [0.25, 0.3) is 0 Å². The number of amides is 1. The summed E-state index contributed by atoms with van der Waals surface area (Å²) in [6.07, 6.45) is 7.07. The smallest absolute Gasteiger partial charge is 0.245 e. The predicted molar refractivity (Wildman–Crippen MR) is 164 cm³/mol. The van der Waals surface area contributed by atoms with Crippen molar-refractivity contribution in [2.75, 3.05) is 50.0 Å². The molecule has 3 N–H and O–H groups in total. The van der Waals surface area contributed by atoms with Crippen LogP contribution in [0.4, 0.5) is 11.6 Å². The van der Waals surface area contributed by atoms with E-state index in [0.717, 1.165) is 85.9 Å². The molecule has 10 heteroatoms. The van der Waals surface area contributed by atoms with Crippen molar-refractivity contribution in [3.05, 3.63) is 72.4 Å². The summed E-state index contributed by atoms with van der Waals surface area (Å²) in [4.78, 5) is 30.6. The molecule has 7 rings (SSSR count). The molecule has 5 heterocycles. The van der Waals surface area contributed by atoms with E-state index in [1.54, 1.807) is 6.20 Å². The summed E-state index contributed by atoms with van der Waals surface area (Å²) < 4.78 is 7.69. The molecule has 2 fully saturated rings. The molecule has 4 aromatic rings. The van der Waals surface area contributed by atoms with Gasteiger partial charge in [-0.3, -0.25) is 9.36 Å². The number of nitrogens with one attached hydrogen (secondary N) is 1. The first-order valence-corrected chi connectivity index (χ1v) is 14.8. The van der Waals surface area contributed by atoms with Crippen LogP contribution in [0.15, 0.2) is 61.3 Å². The molecule has 42 heavy (non-hydrogen) atoms. The molecule has 2 aliphatic heterocycles. The van der Waals surface area contributed by atoms with Crippen LogP contribution in [-0.4, -0.2) is 75.8 Å². The molecule has 1 atom stereocenters. The van der Waals surface area contributed by atoms with Crippen molar-refractivity contribution < 1.29 is 9.53 Å². The third-order valence-electron chi connectivity index (χ3n) is 8.78. The van der Waals surface area contributed by atoms with Gasteiger partial charge < -0.3 is 25.6 Å². The van der Waals surface area contributed by atoms with Gasteiger partial charge in [0.1, 0.15) is 17.2 Å². The van der Waals surface area contributed by atoms with Gasteiger partial charge in [-0.25, -0.2) is 15.0 Å². The first kappa shape index (κ1) is 26.6. The highest BCUT2D eigenvalue weighted by Gasteiger charge is 2.29. The Labute approximate surface area is 245 Å². The zero-order chi connectivity index (χ0) is 28.6. The lowest BCUT2D eigenvalue weighted by Gasteiger charge is -2.33. The number of pyridine rings is 2. The second kappa shape index (κ2) is 11.2. The van der Waals surface area contributed by atoms with Crippen LogP contribution in [0.2, 0.25) is 0 Å². The summed E-state index contributed by atoms with van der Waals surface area (Å²) in [5.41, 5.74) is 12.4.